The first kappa shape index (κ1) is 11.5. The SMILES string of the molecule is Fc1ccccc1C1=NNCN1C1CCNCC1. The summed E-state index contributed by atoms with van der Waals surface area (Å²) in [5.74, 6) is 0.527. The van der Waals surface area contributed by atoms with Crippen molar-refractivity contribution in [2.45, 2.75) is 18.9 Å². The summed E-state index contributed by atoms with van der Waals surface area (Å²) < 4.78 is 13.8. The fraction of sp³-hybridized carbons (Fsp3) is 0.462. The van der Waals surface area contributed by atoms with Gasteiger partial charge in [0, 0.05) is 6.04 Å². The number of halogens is 1. The number of nitrogens with one attached hydrogen (secondary N) is 2. The van der Waals surface area contributed by atoms with Gasteiger partial charge in [-0.15, -0.1) is 0 Å². The highest BCUT2D eigenvalue weighted by Crippen LogP contribution is 2.19. The lowest BCUT2D eigenvalue weighted by molar-refractivity contribution is 0.258. The second kappa shape index (κ2) is 4.94. The van der Waals surface area contributed by atoms with E-state index < -0.39 is 0 Å². The molecule has 2 N–H and O–H groups in total. The van der Waals surface area contributed by atoms with E-state index in [1.54, 1.807) is 12.1 Å². The third-order valence-corrected chi connectivity index (χ3v) is 3.56. The Kier molecular flexibility index (Phi) is 3.15. The first-order chi connectivity index (χ1) is 8.86. The fourth-order valence-electron chi connectivity index (χ4n) is 2.60. The third kappa shape index (κ3) is 2.06. The Bertz CT molecular complexity index is 454. The summed E-state index contributed by atoms with van der Waals surface area (Å²) in [4.78, 5) is 2.18. The zero-order valence-corrected chi connectivity index (χ0v) is 10.2. The summed E-state index contributed by atoms with van der Waals surface area (Å²) in [6.07, 6.45) is 2.16. The second-order valence-electron chi connectivity index (χ2n) is 4.68. The standard InChI is InChI=1S/C13H17FN4/c14-12-4-2-1-3-11(12)13-17-16-9-18(13)10-5-7-15-8-6-10/h1-4,10,15-16H,5-9H2. The molecule has 2 aliphatic rings. The molecule has 5 heteroatoms. The van der Waals surface area contributed by atoms with Crippen molar-refractivity contribution in [3.8, 4) is 0 Å². The molecule has 0 spiro atoms. The van der Waals surface area contributed by atoms with E-state index in [2.05, 4.69) is 20.7 Å². The van der Waals surface area contributed by atoms with Crippen molar-refractivity contribution in [3.05, 3.63) is 35.6 Å². The van der Waals surface area contributed by atoms with Crippen LogP contribution in [0, 0.1) is 5.82 Å². The predicted octanol–water partition coefficient (Wildman–Crippen LogP) is 1.10. The summed E-state index contributed by atoms with van der Waals surface area (Å²) >= 11 is 0. The van der Waals surface area contributed by atoms with Crippen LogP contribution in [0.5, 0.6) is 0 Å². The van der Waals surface area contributed by atoms with Crippen LogP contribution < -0.4 is 10.7 Å². The third-order valence-electron chi connectivity index (χ3n) is 3.56. The largest absolute Gasteiger partial charge is 0.333 e. The fourth-order valence-corrected chi connectivity index (χ4v) is 2.60. The van der Waals surface area contributed by atoms with Crippen molar-refractivity contribution in [3.63, 3.8) is 0 Å². The summed E-state index contributed by atoms with van der Waals surface area (Å²) in [5.41, 5.74) is 3.56. The predicted molar refractivity (Wildman–Crippen MR) is 68.7 cm³/mol. The molecule has 4 nitrogen and oxygen atoms in total. The van der Waals surface area contributed by atoms with Crippen LogP contribution in [-0.2, 0) is 0 Å². The summed E-state index contributed by atoms with van der Waals surface area (Å²) in [7, 11) is 0. The normalized spacial score (nSPS) is 20.7. The van der Waals surface area contributed by atoms with Crippen LogP contribution in [0.2, 0.25) is 0 Å². The smallest absolute Gasteiger partial charge is 0.160 e. The molecule has 0 aliphatic carbocycles. The molecule has 0 amide bonds. The van der Waals surface area contributed by atoms with Crippen molar-refractivity contribution in [2.75, 3.05) is 19.8 Å². The van der Waals surface area contributed by atoms with Crippen LogP contribution in [0.15, 0.2) is 29.4 Å². The van der Waals surface area contributed by atoms with Crippen LogP contribution in [0.25, 0.3) is 0 Å². The van der Waals surface area contributed by atoms with Gasteiger partial charge in [0.15, 0.2) is 5.84 Å². The van der Waals surface area contributed by atoms with E-state index in [-0.39, 0.29) is 5.82 Å². The van der Waals surface area contributed by atoms with Gasteiger partial charge < -0.3 is 10.2 Å². The minimum atomic E-state index is -0.209. The molecule has 0 bridgehead atoms. The van der Waals surface area contributed by atoms with E-state index in [4.69, 9.17) is 0 Å². The molecule has 3 rings (SSSR count). The first-order valence-corrected chi connectivity index (χ1v) is 6.39. The van der Waals surface area contributed by atoms with Crippen molar-refractivity contribution in [1.82, 2.24) is 15.6 Å². The number of hydrogen-bond donors (Lipinski definition) is 2. The molecule has 2 heterocycles. The van der Waals surface area contributed by atoms with E-state index in [1.165, 1.54) is 6.07 Å². The molecular formula is C13H17FN4. The monoisotopic (exact) mass is 248 g/mol. The topological polar surface area (TPSA) is 39.7 Å². The zero-order chi connectivity index (χ0) is 12.4. The van der Waals surface area contributed by atoms with Gasteiger partial charge in [-0.3, -0.25) is 5.43 Å². The van der Waals surface area contributed by atoms with Crippen molar-refractivity contribution in [1.29, 1.82) is 0 Å². The number of amidine groups is 1. The molecule has 0 saturated carbocycles. The Balaban J connectivity index is 1.85. The van der Waals surface area contributed by atoms with Gasteiger partial charge in [-0.2, -0.15) is 5.10 Å². The van der Waals surface area contributed by atoms with E-state index in [0.29, 0.717) is 18.3 Å². The summed E-state index contributed by atoms with van der Waals surface area (Å²) in [5, 5.41) is 7.60. The maximum Gasteiger partial charge on any atom is 0.160 e. The molecule has 0 radical (unpaired) electrons. The van der Waals surface area contributed by atoms with Gasteiger partial charge in [0.05, 0.1) is 5.56 Å². The molecule has 96 valence electrons. The molecule has 0 unspecified atom stereocenters. The average molecular weight is 248 g/mol. The Morgan fingerprint density at radius 1 is 1.22 bits per heavy atom. The quantitative estimate of drug-likeness (QED) is 0.823. The molecule has 1 saturated heterocycles. The number of rotatable bonds is 2. The van der Waals surface area contributed by atoms with E-state index in [0.717, 1.165) is 31.8 Å². The van der Waals surface area contributed by atoms with Crippen LogP contribution in [0.1, 0.15) is 18.4 Å². The van der Waals surface area contributed by atoms with Crippen molar-refractivity contribution < 1.29 is 4.39 Å². The lowest BCUT2D eigenvalue weighted by Crippen LogP contribution is -2.45. The van der Waals surface area contributed by atoms with Crippen LogP contribution >= 0.6 is 0 Å². The lowest BCUT2D eigenvalue weighted by atomic mass is 10.0. The number of piperidine rings is 1. The average Bonchev–Trinajstić information content (AvgIpc) is 2.89. The van der Waals surface area contributed by atoms with Gasteiger partial charge in [0.25, 0.3) is 0 Å². The Morgan fingerprint density at radius 3 is 2.78 bits per heavy atom. The Hall–Kier alpha value is -1.62. The highest BCUT2D eigenvalue weighted by molar-refractivity contribution is 5.99. The minimum absolute atomic E-state index is 0.209. The Morgan fingerprint density at radius 2 is 2.00 bits per heavy atom. The van der Waals surface area contributed by atoms with E-state index in [1.807, 2.05) is 6.07 Å². The van der Waals surface area contributed by atoms with E-state index in [9.17, 15) is 4.39 Å². The second-order valence-corrected chi connectivity index (χ2v) is 4.68. The molecule has 1 fully saturated rings. The molecule has 1 aromatic rings. The van der Waals surface area contributed by atoms with Crippen LogP contribution in [0.3, 0.4) is 0 Å². The highest BCUT2D eigenvalue weighted by atomic mass is 19.1. The van der Waals surface area contributed by atoms with Gasteiger partial charge in [-0.1, -0.05) is 12.1 Å². The first-order valence-electron chi connectivity index (χ1n) is 6.39. The van der Waals surface area contributed by atoms with Gasteiger partial charge in [0.1, 0.15) is 12.5 Å². The summed E-state index contributed by atoms with van der Waals surface area (Å²) in [6.45, 7) is 2.71. The van der Waals surface area contributed by atoms with Gasteiger partial charge in [0.2, 0.25) is 0 Å². The van der Waals surface area contributed by atoms with Crippen molar-refractivity contribution >= 4 is 5.84 Å². The zero-order valence-electron chi connectivity index (χ0n) is 10.2. The molecule has 18 heavy (non-hydrogen) atoms. The molecule has 0 atom stereocenters. The Labute approximate surface area is 106 Å². The minimum Gasteiger partial charge on any atom is -0.333 e. The maximum atomic E-state index is 13.8. The van der Waals surface area contributed by atoms with Crippen LogP contribution in [0.4, 0.5) is 4.39 Å². The number of hydrogen-bond acceptors (Lipinski definition) is 4. The van der Waals surface area contributed by atoms with E-state index >= 15 is 0 Å². The molecular weight excluding hydrogens is 231 g/mol. The maximum absolute atomic E-state index is 13.8. The van der Waals surface area contributed by atoms with Crippen molar-refractivity contribution in [2.24, 2.45) is 5.10 Å². The number of nitrogens with zero attached hydrogens (tertiary/aromatic N) is 2. The van der Waals surface area contributed by atoms with Gasteiger partial charge in [-0.05, 0) is 38.1 Å². The van der Waals surface area contributed by atoms with Crippen LogP contribution in [-0.4, -0.2) is 36.5 Å². The number of hydrazone groups is 1. The molecule has 0 aromatic heterocycles. The number of benzene rings is 1. The lowest BCUT2D eigenvalue weighted by Gasteiger charge is -2.33. The summed E-state index contributed by atoms with van der Waals surface area (Å²) in [6, 6.07) is 7.27. The van der Waals surface area contributed by atoms with Gasteiger partial charge >= 0.3 is 0 Å². The van der Waals surface area contributed by atoms with Gasteiger partial charge in [-0.25, -0.2) is 4.39 Å². The molecule has 2 aliphatic heterocycles. The highest BCUT2D eigenvalue weighted by Gasteiger charge is 2.28. The molecule has 1 aromatic carbocycles.